The Kier molecular flexibility index (Phi) is 6.15. The van der Waals surface area contributed by atoms with E-state index >= 15 is 0 Å². The third-order valence-corrected chi connectivity index (χ3v) is 6.98. The van der Waals surface area contributed by atoms with Crippen LogP contribution in [-0.2, 0) is 4.79 Å². The van der Waals surface area contributed by atoms with E-state index in [4.69, 9.17) is 0 Å². The van der Waals surface area contributed by atoms with Gasteiger partial charge in [0.05, 0.1) is 0 Å². The largest absolute Gasteiger partial charge is 0.397 e. The van der Waals surface area contributed by atoms with Gasteiger partial charge < -0.3 is 4.90 Å². The molecular formula is C17H20F3NOSi. The van der Waals surface area contributed by atoms with Crippen molar-refractivity contribution in [3.8, 4) is 0 Å². The summed E-state index contributed by atoms with van der Waals surface area (Å²) in [4.78, 5) is 13.0. The first-order valence-corrected chi connectivity index (χ1v) is 9.34. The lowest BCUT2D eigenvalue weighted by Crippen LogP contribution is -2.43. The third kappa shape index (κ3) is 4.45. The van der Waals surface area contributed by atoms with E-state index in [1.165, 1.54) is 0 Å². The fraction of sp³-hybridized carbons (Fsp3) is 0.235. The summed E-state index contributed by atoms with van der Waals surface area (Å²) in [6, 6.07) is 6.90. The second-order valence-corrected chi connectivity index (χ2v) is 8.69. The zero-order valence-corrected chi connectivity index (χ0v) is 14.1. The molecule has 23 heavy (non-hydrogen) atoms. The molecule has 0 bridgehead atoms. The Morgan fingerprint density at radius 3 is 2.22 bits per heavy atom. The standard InChI is InChI=1S/C17H20F3NOSi/c1-5-21(16(22)13-17(18,19)20)14-10-9-11-15(12-14)23(6-2,7-3)8-4/h6-12H,2-5,13H2,1H3. The maximum atomic E-state index is 12.5. The SMILES string of the molecule is C=C[Si](C=C)(C=C)c1cccc(N(CC)C(=O)CC(F)(F)F)c1. The number of nitrogens with zero attached hydrogens (tertiary/aromatic N) is 1. The van der Waals surface area contributed by atoms with Gasteiger partial charge in [-0.25, -0.2) is 0 Å². The predicted octanol–water partition coefficient (Wildman–Crippen LogP) is 3.82. The molecule has 1 aromatic rings. The average Bonchev–Trinajstić information content (AvgIpc) is 2.49. The number of rotatable bonds is 7. The van der Waals surface area contributed by atoms with Crippen LogP contribution in [0.1, 0.15) is 13.3 Å². The summed E-state index contributed by atoms with van der Waals surface area (Å²) < 4.78 is 37.4. The molecule has 0 radical (unpaired) electrons. The summed E-state index contributed by atoms with van der Waals surface area (Å²) in [6.45, 7) is 13.3. The molecule has 0 atom stereocenters. The van der Waals surface area contributed by atoms with E-state index in [-0.39, 0.29) is 6.54 Å². The number of alkyl halides is 3. The van der Waals surface area contributed by atoms with Crippen molar-refractivity contribution in [1.82, 2.24) is 0 Å². The number of halogens is 3. The van der Waals surface area contributed by atoms with Crippen LogP contribution in [0.2, 0.25) is 0 Å². The normalized spacial score (nSPS) is 11.7. The highest BCUT2D eigenvalue weighted by molar-refractivity contribution is 7.03. The Morgan fingerprint density at radius 1 is 1.22 bits per heavy atom. The van der Waals surface area contributed by atoms with Gasteiger partial charge in [-0.05, 0) is 24.2 Å². The lowest BCUT2D eigenvalue weighted by molar-refractivity contribution is -0.151. The molecule has 0 spiro atoms. The van der Waals surface area contributed by atoms with E-state index < -0.39 is 26.6 Å². The predicted molar refractivity (Wildman–Crippen MR) is 91.1 cm³/mol. The number of carbonyl (C=O) groups is 1. The van der Waals surface area contributed by atoms with E-state index in [0.717, 1.165) is 10.1 Å². The lowest BCUT2D eigenvalue weighted by Gasteiger charge is -2.25. The fourth-order valence-electron chi connectivity index (χ4n) is 2.32. The molecular weight excluding hydrogens is 319 g/mol. The van der Waals surface area contributed by atoms with Crippen LogP contribution in [-0.4, -0.2) is 26.7 Å². The van der Waals surface area contributed by atoms with Crippen LogP contribution in [0.5, 0.6) is 0 Å². The van der Waals surface area contributed by atoms with Gasteiger partial charge in [-0.3, -0.25) is 4.79 Å². The van der Waals surface area contributed by atoms with Crippen molar-refractivity contribution in [2.45, 2.75) is 19.5 Å². The molecule has 1 amide bonds. The number of hydrogen-bond donors (Lipinski definition) is 0. The molecule has 0 aliphatic heterocycles. The Bertz CT molecular complexity index is 588. The molecule has 0 heterocycles. The summed E-state index contributed by atoms with van der Waals surface area (Å²) in [6.07, 6.45) is -6.00. The monoisotopic (exact) mass is 339 g/mol. The van der Waals surface area contributed by atoms with Crippen LogP contribution in [0, 0.1) is 0 Å². The molecule has 2 nitrogen and oxygen atoms in total. The Hall–Kier alpha value is -2.08. The molecule has 0 saturated heterocycles. The van der Waals surface area contributed by atoms with E-state index in [0.29, 0.717) is 5.69 Å². The summed E-state index contributed by atoms with van der Waals surface area (Å²) in [5.41, 5.74) is 5.77. The second kappa shape index (κ2) is 7.46. The molecule has 0 N–H and O–H groups in total. The van der Waals surface area contributed by atoms with Crippen molar-refractivity contribution in [2.75, 3.05) is 11.4 Å². The first kappa shape index (κ1) is 19.0. The van der Waals surface area contributed by atoms with E-state index in [2.05, 4.69) is 19.7 Å². The van der Waals surface area contributed by atoms with Crippen molar-refractivity contribution in [1.29, 1.82) is 0 Å². The smallest absolute Gasteiger partial charge is 0.312 e. The minimum Gasteiger partial charge on any atom is -0.312 e. The number of amides is 1. The van der Waals surface area contributed by atoms with Crippen molar-refractivity contribution in [3.05, 3.63) is 61.1 Å². The molecule has 0 aliphatic carbocycles. The highest BCUT2D eigenvalue weighted by atomic mass is 28.3. The second-order valence-electron chi connectivity index (χ2n) is 5.03. The van der Waals surface area contributed by atoms with Crippen LogP contribution in [0.4, 0.5) is 18.9 Å². The maximum absolute atomic E-state index is 12.5. The van der Waals surface area contributed by atoms with E-state index in [1.807, 2.05) is 6.07 Å². The molecule has 0 unspecified atom stereocenters. The van der Waals surface area contributed by atoms with Crippen LogP contribution in [0.3, 0.4) is 0 Å². The van der Waals surface area contributed by atoms with Crippen molar-refractivity contribution >= 4 is 24.9 Å². The molecule has 6 heteroatoms. The topological polar surface area (TPSA) is 20.3 Å². The summed E-state index contributed by atoms with van der Waals surface area (Å²) in [7, 11) is -2.33. The Balaban J connectivity index is 3.25. The Labute approximate surface area is 135 Å². The molecule has 0 saturated carbocycles. The number of hydrogen-bond acceptors (Lipinski definition) is 1. The van der Waals surface area contributed by atoms with Crippen molar-refractivity contribution in [2.24, 2.45) is 0 Å². The quantitative estimate of drug-likeness (QED) is 0.692. The van der Waals surface area contributed by atoms with Gasteiger partial charge in [-0.1, -0.05) is 29.2 Å². The van der Waals surface area contributed by atoms with Gasteiger partial charge in [0, 0.05) is 12.2 Å². The van der Waals surface area contributed by atoms with Gasteiger partial charge in [-0.2, -0.15) is 13.2 Å². The lowest BCUT2D eigenvalue weighted by atomic mass is 10.2. The van der Waals surface area contributed by atoms with Crippen LogP contribution < -0.4 is 10.1 Å². The summed E-state index contributed by atoms with van der Waals surface area (Å²) in [5.74, 6) is -0.972. The van der Waals surface area contributed by atoms with Crippen LogP contribution in [0.25, 0.3) is 0 Å². The molecule has 0 aromatic heterocycles. The molecule has 0 fully saturated rings. The number of carbonyl (C=O) groups excluding carboxylic acids is 1. The average molecular weight is 339 g/mol. The number of benzene rings is 1. The summed E-state index contributed by atoms with van der Waals surface area (Å²) in [5, 5.41) is 0.869. The minimum atomic E-state index is -4.52. The van der Waals surface area contributed by atoms with Crippen molar-refractivity contribution < 1.29 is 18.0 Å². The first-order valence-electron chi connectivity index (χ1n) is 7.11. The van der Waals surface area contributed by atoms with Gasteiger partial charge >= 0.3 is 6.18 Å². The van der Waals surface area contributed by atoms with Gasteiger partial charge in [0.2, 0.25) is 5.91 Å². The molecule has 1 aromatic carbocycles. The van der Waals surface area contributed by atoms with Crippen molar-refractivity contribution in [3.63, 3.8) is 0 Å². The van der Waals surface area contributed by atoms with Gasteiger partial charge in [0.25, 0.3) is 0 Å². The number of anilines is 1. The third-order valence-electron chi connectivity index (χ3n) is 3.64. The zero-order valence-electron chi connectivity index (χ0n) is 13.1. The summed E-state index contributed by atoms with van der Waals surface area (Å²) >= 11 is 0. The maximum Gasteiger partial charge on any atom is 0.397 e. The van der Waals surface area contributed by atoms with Gasteiger partial charge in [-0.15, -0.1) is 19.7 Å². The van der Waals surface area contributed by atoms with Crippen LogP contribution in [0.15, 0.2) is 61.1 Å². The fourth-order valence-corrected chi connectivity index (χ4v) is 4.31. The van der Waals surface area contributed by atoms with Gasteiger partial charge in [0.15, 0.2) is 8.07 Å². The highest BCUT2D eigenvalue weighted by Crippen LogP contribution is 2.23. The molecule has 0 aliphatic rings. The Morgan fingerprint density at radius 2 is 1.78 bits per heavy atom. The highest BCUT2D eigenvalue weighted by Gasteiger charge is 2.34. The molecule has 1 rings (SSSR count). The zero-order chi connectivity index (χ0) is 17.7. The van der Waals surface area contributed by atoms with E-state index in [1.54, 1.807) is 42.2 Å². The van der Waals surface area contributed by atoms with Gasteiger partial charge in [0.1, 0.15) is 6.42 Å². The van der Waals surface area contributed by atoms with Crippen LogP contribution >= 0.6 is 0 Å². The van der Waals surface area contributed by atoms with E-state index in [9.17, 15) is 18.0 Å². The minimum absolute atomic E-state index is 0.156. The first-order chi connectivity index (χ1) is 10.7. The molecule has 124 valence electrons.